The summed E-state index contributed by atoms with van der Waals surface area (Å²) in [5.41, 5.74) is 9.46. The van der Waals surface area contributed by atoms with Gasteiger partial charge in [0.05, 0.1) is 5.69 Å². The highest BCUT2D eigenvalue weighted by Gasteiger charge is 2.10. The number of thiazole rings is 1. The van der Waals surface area contributed by atoms with Crippen LogP contribution >= 0.6 is 11.3 Å². The Morgan fingerprint density at radius 1 is 1.33 bits per heavy atom. The third kappa shape index (κ3) is 3.18. The molecule has 0 radical (unpaired) electrons. The Hall–Kier alpha value is -1.19. The molecule has 0 saturated heterocycles. The van der Waals surface area contributed by atoms with Crippen LogP contribution in [0.3, 0.4) is 0 Å². The highest BCUT2D eigenvalue weighted by Crippen LogP contribution is 2.29. The maximum absolute atomic E-state index is 5.81. The van der Waals surface area contributed by atoms with Gasteiger partial charge in [-0.1, -0.05) is 23.8 Å². The second-order valence-electron chi connectivity index (χ2n) is 4.91. The minimum absolute atomic E-state index is 0.258. The molecule has 2 rings (SSSR count). The molecule has 0 saturated carbocycles. The molecule has 0 bridgehead atoms. The van der Waals surface area contributed by atoms with Crippen LogP contribution in [0.5, 0.6) is 0 Å². The highest BCUT2D eigenvalue weighted by atomic mass is 32.1. The molecule has 1 heterocycles. The van der Waals surface area contributed by atoms with E-state index in [0.717, 1.165) is 23.5 Å². The quantitative estimate of drug-likeness (QED) is 0.910. The first kappa shape index (κ1) is 13.2. The summed E-state index contributed by atoms with van der Waals surface area (Å²) >= 11 is 1.80. The molecule has 2 nitrogen and oxygen atoms in total. The fourth-order valence-electron chi connectivity index (χ4n) is 1.92. The molecule has 1 aromatic carbocycles. The molecular weight excluding hydrogens is 240 g/mol. The zero-order chi connectivity index (χ0) is 13.1. The lowest BCUT2D eigenvalue weighted by Gasteiger charge is -2.02. The number of hydrogen-bond acceptors (Lipinski definition) is 3. The number of rotatable bonds is 4. The van der Waals surface area contributed by atoms with Crippen molar-refractivity contribution in [3.8, 4) is 10.6 Å². The number of nitrogens with zero attached hydrogens (tertiary/aromatic N) is 1. The van der Waals surface area contributed by atoms with Gasteiger partial charge in [-0.3, -0.25) is 0 Å². The van der Waals surface area contributed by atoms with Gasteiger partial charge in [-0.05, 0) is 39.7 Å². The Morgan fingerprint density at radius 2 is 2.11 bits per heavy atom. The first-order valence-corrected chi connectivity index (χ1v) is 7.17. The van der Waals surface area contributed by atoms with Crippen LogP contribution in [0, 0.1) is 13.8 Å². The first-order valence-electron chi connectivity index (χ1n) is 6.35. The molecule has 0 aliphatic carbocycles. The molecule has 1 unspecified atom stereocenters. The van der Waals surface area contributed by atoms with Crippen LogP contribution in [0.1, 0.15) is 29.5 Å². The van der Waals surface area contributed by atoms with Crippen molar-refractivity contribution in [2.45, 2.75) is 39.7 Å². The Kier molecular flexibility index (Phi) is 4.15. The number of nitrogens with two attached hydrogens (primary N) is 1. The number of benzene rings is 1. The standard InChI is InChI=1S/C15H20N2S/c1-10-5-4-6-13(9-10)15-17-12(3)14(18-15)8-7-11(2)16/h4-6,9,11H,7-8,16H2,1-3H3. The summed E-state index contributed by atoms with van der Waals surface area (Å²) in [4.78, 5) is 6.04. The van der Waals surface area contributed by atoms with Crippen LogP contribution in [0.25, 0.3) is 10.6 Å². The Balaban J connectivity index is 2.23. The molecule has 0 aliphatic heterocycles. The summed E-state index contributed by atoms with van der Waals surface area (Å²) in [5, 5.41) is 1.12. The fourth-order valence-corrected chi connectivity index (χ4v) is 2.99. The van der Waals surface area contributed by atoms with E-state index >= 15 is 0 Å². The van der Waals surface area contributed by atoms with E-state index < -0.39 is 0 Å². The topological polar surface area (TPSA) is 38.9 Å². The van der Waals surface area contributed by atoms with E-state index in [1.165, 1.54) is 16.0 Å². The fraction of sp³-hybridized carbons (Fsp3) is 0.400. The molecule has 2 aromatic rings. The van der Waals surface area contributed by atoms with Gasteiger partial charge in [0.15, 0.2) is 0 Å². The zero-order valence-corrected chi connectivity index (χ0v) is 12.1. The predicted octanol–water partition coefficient (Wildman–Crippen LogP) is 3.71. The molecule has 1 atom stereocenters. The van der Waals surface area contributed by atoms with Gasteiger partial charge >= 0.3 is 0 Å². The molecule has 0 spiro atoms. The first-order chi connectivity index (χ1) is 8.56. The van der Waals surface area contributed by atoms with Crippen molar-refractivity contribution >= 4 is 11.3 Å². The van der Waals surface area contributed by atoms with E-state index in [1.54, 1.807) is 11.3 Å². The van der Waals surface area contributed by atoms with Gasteiger partial charge in [0, 0.05) is 16.5 Å². The predicted molar refractivity (Wildman–Crippen MR) is 79.0 cm³/mol. The minimum atomic E-state index is 0.258. The van der Waals surface area contributed by atoms with Gasteiger partial charge in [-0.2, -0.15) is 0 Å². The summed E-state index contributed by atoms with van der Waals surface area (Å²) in [6, 6.07) is 8.77. The Bertz CT molecular complexity index is 529. The van der Waals surface area contributed by atoms with Crippen molar-refractivity contribution in [2.24, 2.45) is 5.73 Å². The molecule has 1 aromatic heterocycles. The molecular formula is C15H20N2S. The summed E-state index contributed by atoms with van der Waals surface area (Å²) in [6.45, 7) is 6.26. The van der Waals surface area contributed by atoms with Crippen molar-refractivity contribution in [1.29, 1.82) is 0 Å². The van der Waals surface area contributed by atoms with Crippen LogP contribution in [-0.4, -0.2) is 11.0 Å². The number of aromatic nitrogens is 1. The Labute approximate surface area is 113 Å². The summed E-state index contributed by atoms with van der Waals surface area (Å²) in [5.74, 6) is 0. The lowest BCUT2D eigenvalue weighted by molar-refractivity contribution is 0.668. The van der Waals surface area contributed by atoms with Gasteiger partial charge < -0.3 is 5.73 Å². The average molecular weight is 260 g/mol. The van der Waals surface area contributed by atoms with Gasteiger partial charge in [-0.25, -0.2) is 4.98 Å². The number of aryl methyl sites for hydroxylation is 3. The van der Waals surface area contributed by atoms with E-state index in [0.29, 0.717) is 0 Å². The second kappa shape index (κ2) is 5.63. The summed E-state index contributed by atoms with van der Waals surface area (Å²) in [6.07, 6.45) is 2.06. The van der Waals surface area contributed by atoms with Crippen LogP contribution in [0.2, 0.25) is 0 Å². The van der Waals surface area contributed by atoms with E-state index in [9.17, 15) is 0 Å². The van der Waals surface area contributed by atoms with E-state index in [-0.39, 0.29) is 6.04 Å². The van der Waals surface area contributed by atoms with Gasteiger partial charge in [0.25, 0.3) is 0 Å². The van der Waals surface area contributed by atoms with Crippen molar-refractivity contribution in [3.63, 3.8) is 0 Å². The SMILES string of the molecule is Cc1cccc(-c2nc(C)c(CCC(C)N)s2)c1. The van der Waals surface area contributed by atoms with Crippen LogP contribution in [0.15, 0.2) is 24.3 Å². The molecule has 0 fully saturated rings. The average Bonchev–Trinajstić information content (AvgIpc) is 2.68. The third-order valence-electron chi connectivity index (χ3n) is 2.98. The van der Waals surface area contributed by atoms with Crippen LogP contribution in [-0.2, 0) is 6.42 Å². The van der Waals surface area contributed by atoms with E-state index in [4.69, 9.17) is 5.73 Å². The molecule has 0 amide bonds. The molecule has 3 heteroatoms. The zero-order valence-electron chi connectivity index (χ0n) is 11.2. The van der Waals surface area contributed by atoms with Gasteiger partial charge in [-0.15, -0.1) is 11.3 Å². The normalized spacial score (nSPS) is 12.7. The van der Waals surface area contributed by atoms with Gasteiger partial charge in [0.1, 0.15) is 5.01 Å². The van der Waals surface area contributed by atoms with Crippen molar-refractivity contribution < 1.29 is 0 Å². The lowest BCUT2D eigenvalue weighted by Crippen LogP contribution is -2.15. The Morgan fingerprint density at radius 3 is 2.78 bits per heavy atom. The van der Waals surface area contributed by atoms with Crippen LogP contribution < -0.4 is 5.73 Å². The largest absolute Gasteiger partial charge is 0.328 e. The highest BCUT2D eigenvalue weighted by molar-refractivity contribution is 7.15. The van der Waals surface area contributed by atoms with Gasteiger partial charge in [0.2, 0.25) is 0 Å². The smallest absolute Gasteiger partial charge is 0.123 e. The van der Waals surface area contributed by atoms with Crippen LogP contribution in [0.4, 0.5) is 0 Å². The molecule has 18 heavy (non-hydrogen) atoms. The summed E-state index contributed by atoms with van der Waals surface area (Å²) in [7, 11) is 0. The number of hydrogen-bond donors (Lipinski definition) is 1. The van der Waals surface area contributed by atoms with Crippen molar-refractivity contribution in [1.82, 2.24) is 4.98 Å². The van der Waals surface area contributed by atoms with E-state index in [1.807, 2.05) is 0 Å². The van der Waals surface area contributed by atoms with Crippen molar-refractivity contribution in [3.05, 3.63) is 40.4 Å². The monoisotopic (exact) mass is 260 g/mol. The van der Waals surface area contributed by atoms with E-state index in [2.05, 4.69) is 50.0 Å². The maximum Gasteiger partial charge on any atom is 0.123 e. The second-order valence-corrected chi connectivity index (χ2v) is 6.00. The molecule has 96 valence electrons. The maximum atomic E-state index is 5.81. The minimum Gasteiger partial charge on any atom is -0.328 e. The lowest BCUT2D eigenvalue weighted by atomic mass is 10.1. The molecule has 2 N–H and O–H groups in total. The third-order valence-corrected chi connectivity index (χ3v) is 4.25. The molecule has 0 aliphatic rings. The van der Waals surface area contributed by atoms with Crippen molar-refractivity contribution in [2.75, 3.05) is 0 Å². The summed E-state index contributed by atoms with van der Waals surface area (Å²) < 4.78 is 0.